The number of aryl methyl sites for hydroxylation is 1. The van der Waals surface area contributed by atoms with Gasteiger partial charge in [-0.1, -0.05) is 18.2 Å². The maximum absolute atomic E-state index is 12.9. The van der Waals surface area contributed by atoms with E-state index in [1.165, 1.54) is 0 Å². The standard InChI is InChI=1S/C20H24N2O3/c1-16-18(10-6-12-21-16)19(23)22-13-7-11-20(14-22,24-2)15-25-17-8-4-3-5-9-17/h3-6,8-10,12H,7,11,13-15H2,1-2H3. The molecule has 3 rings (SSSR count). The summed E-state index contributed by atoms with van der Waals surface area (Å²) in [5.41, 5.74) is 0.917. The highest BCUT2D eigenvalue weighted by molar-refractivity contribution is 5.95. The minimum Gasteiger partial charge on any atom is -0.491 e. The minimum atomic E-state index is -0.486. The molecule has 1 unspecified atom stereocenters. The van der Waals surface area contributed by atoms with Gasteiger partial charge in [0.15, 0.2) is 0 Å². The highest BCUT2D eigenvalue weighted by Crippen LogP contribution is 2.27. The van der Waals surface area contributed by atoms with E-state index in [2.05, 4.69) is 4.98 Å². The molecule has 0 radical (unpaired) electrons. The van der Waals surface area contributed by atoms with Crippen molar-refractivity contribution in [2.24, 2.45) is 0 Å². The summed E-state index contributed by atoms with van der Waals surface area (Å²) in [4.78, 5) is 19.0. The Bertz CT molecular complexity index is 720. The Hall–Kier alpha value is -2.40. The van der Waals surface area contributed by atoms with Crippen molar-refractivity contribution >= 4 is 5.91 Å². The molecule has 1 saturated heterocycles. The minimum absolute atomic E-state index is 0.00596. The Morgan fingerprint density at radius 3 is 2.76 bits per heavy atom. The Morgan fingerprint density at radius 1 is 1.24 bits per heavy atom. The lowest BCUT2D eigenvalue weighted by Crippen LogP contribution is -2.54. The molecule has 1 aliphatic heterocycles. The average Bonchev–Trinajstić information content (AvgIpc) is 2.67. The first-order valence-electron chi connectivity index (χ1n) is 8.57. The molecule has 1 fully saturated rings. The molecule has 132 valence electrons. The number of nitrogens with zero attached hydrogens (tertiary/aromatic N) is 2. The first kappa shape index (κ1) is 17.4. The maximum Gasteiger partial charge on any atom is 0.255 e. The molecular formula is C20H24N2O3. The Balaban J connectivity index is 1.71. The molecule has 2 heterocycles. The van der Waals surface area contributed by atoms with Crippen LogP contribution >= 0.6 is 0 Å². The van der Waals surface area contributed by atoms with Gasteiger partial charge in [-0.3, -0.25) is 9.78 Å². The number of aromatic nitrogens is 1. The van der Waals surface area contributed by atoms with Gasteiger partial charge in [0.1, 0.15) is 18.0 Å². The lowest BCUT2D eigenvalue weighted by atomic mass is 9.92. The van der Waals surface area contributed by atoms with Crippen LogP contribution in [0, 0.1) is 6.92 Å². The maximum atomic E-state index is 12.9. The fraction of sp³-hybridized carbons (Fsp3) is 0.400. The molecule has 1 aromatic heterocycles. The number of hydrogen-bond donors (Lipinski definition) is 0. The highest BCUT2D eigenvalue weighted by Gasteiger charge is 2.38. The van der Waals surface area contributed by atoms with Crippen LogP contribution in [0.2, 0.25) is 0 Å². The van der Waals surface area contributed by atoms with Crippen LogP contribution in [0.15, 0.2) is 48.7 Å². The summed E-state index contributed by atoms with van der Waals surface area (Å²) in [6.45, 7) is 3.52. The number of carbonyl (C=O) groups excluding carboxylic acids is 1. The lowest BCUT2D eigenvalue weighted by Gasteiger charge is -2.41. The van der Waals surface area contributed by atoms with E-state index in [-0.39, 0.29) is 5.91 Å². The van der Waals surface area contributed by atoms with Gasteiger partial charge in [-0.05, 0) is 44.0 Å². The van der Waals surface area contributed by atoms with Gasteiger partial charge >= 0.3 is 0 Å². The Morgan fingerprint density at radius 2 is 2.04 bits per heavy atom. The average molecular weight is 340 g/mol. The van der Waals surface area contributed by atoms with Gasteiger partial charge in [0.25, 0.3) is 5.91 Å². The molecule has 5 heteroatoms. The summed E-state index contributed by atoms with van der Waals surface area (Å²) >= 11 is 0. The summed E-state index contributed by atoms with van der Waals surface area (Å²) in [6.07, 6.45) is 3.46. The third-order valence-electron chi connectivity index (χ3n) is 4.74. The summed E-state index contributed by atoms with van der Waals surface area (Å²) in [5, 5.41) is 0. The van der Waals surface area contributed by atoms with Gasteiger partial charge in [0.2, 0.25) is 0 Å². The van der Waals surface area contributed by atoms with Crippen LogP contribution in [0.25, 0.3) is 0 Å². The second-order valence-corrected chi connectivity index (χ2v) is 6.46. The molecule has 2 aromatic rings. The first-order valence-corrected chi connectivity index (χ1v) is 8.57. The quantitative estimate of drug-likeness (QED) is 0.839. The summed E-state index contributed by atoms with van der Waals surface area (Å²) in [6, 6.07) is 13.3. The van der Waals surface area contributed by atoms with Crippen molar-refractivity contribution in [2.75, 3.05) is 26.8 Å². The molecule has 25 heavy (non-hydrogen) atoms. The van der Waals surface area contributed by atoms with E-state index >= 15 is 0 Å². The van der Waals surface area contributed by atoms with E-state index in [0.29, 0.717) is 18.7 Å². The van der Waals surface area contributed by atoms with Crippen molar-refractivity contribution in [3.8, 4) is 5.75 Å². The van der Waals surface area contributed by atoms with Gasteiger partial charge in [-0.25, -0.2) is 0 Å². The zero-order chi connectivity index (χ0) is 17.7. The SMILES string of the molecule is COC1(COc2ccccc2)CCCN(C(=O)c2cccnc2C)C1. The summed E-state index contributed by atoms with van der Waals surface area (Å²) < 4.78 is 11.7. The van der Waals surface area contributed by atoms with Crippen LogP contribution < -0.4 is 4.74 Å². The predicted octanol–water partition coefficient (Wildman–Crippen LogP) is 3.09. The van der Waals surface area contributed by atoms with Crippen molar-refractivity contribution in [3.63, 3.8) is 0 Å². The van der Waals surface area contributed by atoms with E-state index < -0.39 is 5.60 Å². The monoisotopic (exact) mass is 340 g/mol. The number of methoxy groups -OCH3 is 1. The third kappa shape index (κ3) is 3.99. The molecule has 0 aliphatic carbocycles. The van der Waals surface area contributed by atoms with Crippen LogP contribution in [-0.4, -0.2) is 48.2 Å². The number of hydrogen-bond acceptors (Lipinski definition) is 4. The van der Waals surface area contributed by atoms with Crippen LogP contribution in [0.5, 0.6) is 5.75 Å². The molecule has 1 atom stereocenters. The second kappa shape index (κ2) is 7.66. The molecule has 5 nitrogen and oxygen atoms in total. The summed E-state index contributed by atoms with van der Waals surface area (Å²) in [7, 11) is 1.69. The van der Waals surface area contributed by atoms with E-state index in [0.717, 1.165) is 30.8 Å². The number of para-hydroxylation sites is 1. The molecule has 1 aliphatic rings. The first-order chi connectivity index (χ1) is 12.1. The molecule has 0 spiro atoms. The number of carbonyl (C=O) groups is 1. The summed E-state index contributed by atoms with van der Waals surface area (Å²) in [5.74, 6) is 0.817. The van der Waals surface area contributed by atoms with Crippen LogP contribution in [0.3, 0.4) is 0 Å². The van der Waals surface area contributed by atoms with Crippen LogP contribution in [0.4, 0.5) is 0 Å². The third-order valence-corrected chi connectivity index (χ3v) is 4.74. The number of pyridine rings is 1. The molecule has 0 saturated carbocycles. The van der Waals surface area contributed by atoms with E-state index in [1.54, 1.807) is 19.4 Å². The molecular weight excluding hydrogens is 316 g/mol. The van der Waals surface area contributed by atoms with Crippen LogP contribution in [0.1, 0.15) is 28.9 Å². The normalized spacial score (nSPS) is 20.3. The Labute approximate surface area is 148 Å². The second-order valence-electron chi connectivity index (χ2n) is 6.46. The van der Waals surface area contributed by atoms with Crippen LogP contribution in [-0.2, 0) is 4.74 Å². The smallest absolute Gasteiger partial charge is 0.255 e. The van der Waals surface area contributed by atoms with Crippen molar-refractivity contribution in [1.82, 2.24) is 9.88 Å². The number of likely N-dealkylation sites (tertiary alicyclic amines) is 1. The van der Waals surface area contributed by atoms with Gasteiger partial charge in [0.05, 0.1) is 12.1 Å². The van der Waals surface area contributed by atoms with Gasteiger partial charge in [-0.2, -0.15) is 0 Å². The van der Waals surface area contributed by atoms with E-state index in [9.17, 15) is 4.79 Å². The Kier molecular flexibility index (Phi) is 5.34. The zero-order valence-corrected chi connectivity index (χ0v) is 14.8. The van der Waals surface area contributed by atoms with Crippen molar-refractivity contribution in [2.45, 2.75) is 25.4 Å². The van der Waals surface area contributed by atoms with E-state index in [4.69, 9.17) is 9.47 Å². The molecule has 0 bridgehead atoms. The van der Waals surface area contributed by atoms with Gasteiger partial charge < -0.3 is 14.4 Å². The van der Waals surface area contributed by atoms with Gasteiger partial charge in [-0.15, -0.1) is 0 Å². The largest absolute Gasteiger partial charge is 0.491 e. The predicted molar refractivity (Wildman–Crippen MR) is 95.8 cm³/mol. The number of ether oxygens (including phenoxy) is 2. The zero-order valence-electron chi connectivity index (χ0n) is 14.8. The molecule has 1 aromatic carbocycles. The highest BCUT2D eigenvalue weighted by atomic mass is 16.5. The number of benzene rings is 1. The molecule has 1 amide bonds. The fourth-order valence-corrected chi connectivity index (χ4v) is 3.23. The number of rotatable bonds is 5. The fourth-order valence-electron chi connectivity index (χ4n) is 3.23. The van der Waals surface area contributed by atoms with Crippen molar-refractivity contribution in [1.29, 1.82) is 0 Å². The van der Waals surface area contributed by atoms with Crippen molar-refractivity contribution < 1.29 is 14.3 Å². The van der Waals surface area contributed by atoms with Crippen molar-refractivity contribution in [3.05, 3.63) is 59.9 Å². The molecule has 0 N–H and O–H groups in total. The van der Waals surface area contributed by atoms with E-state index in [1.807, 2.05) is 48.2 Å². The van der Waals surface area contributed by atoms with Gasteiger partial charge in [0, 0.05) is 25.5 Å². The number of piperidine rings is 1. The lowest BCUT2D eigenvalue weighted by molar-refractivity contribution is -0.0825. The number of amides is 1. The topological polar surface area (TPSA) is 51.7 Å².